The van der Waals surface area contributed by atoms with Crippen molar-refractivity contribution in [2.24, 2.45) is 0 Å². The molecule has 1 aliphatic rings. The minimum atomic E-state index is 0.0509. The van der Waals surface area contributed by atoms with Gasteiger partial charge in [0.25, 0.3) is 0 Å². The number of ether oxygens (including phenoxy) is 1. The molecule has 2 heterocycles. The fourth-order valence-corrected chi connectivity index (χ4v) is 1.81. The Morgan fingerprint density at radius 1 is 1.43 bits per heavy atom. The third kappa shape index (κ3) is 2.17. The van der Waals surface area contributed by atoms with E-state index in [1.807, 2.05) is 0 Å². The van der Waals surface area contributed by atoms with Crippen molar-refractivity contribution in [2.75, 3.05) is 19.8 Å². The number of morpholine rings is 1. The van der Waals surface area contributed by atoms with Gasteiger partial charge in [-0.2, -0.15) is 0 Å². The molecule has 1 aliphatic heterocycles. The van der Waals surface area contributed by atoms with Crippen LogP contribution in [0.3, 0.4) is 0 Å². The fourth-order valence-electron chi connectivity index (χ4n) is 1.42. The molecule has 1 atom stereocenters. The average Bonchev–Trinajstić information content (AvgIpc) is 2.23. The number of aromatic nitrogens is 1. The van der Waals surface area contributed by atoms with Crippen molar-refractivity contribution in [3.8, 4) is 0 Å². The normalized spacial score (nSPS) is 22.3. The summed E-state index contributed by atoms with van der Waals surface area (Å²) in [5.74, 6) is 0. The Morgan fingerprint density at radius 3 is 3.00 bits per heavy atom. The van der Waals surface area contributed by atoms with Gasteiger partial charge in [0.05, 0.1) is 30.0 Å². The van der Waals surface area contributed by atoms with Crippen LogP contribution in [-0.2, 0) is 4.74 Å². The van der Waals surface area contributed by atoms with Crippen LogP contribution in [0, 0.1) is 0 Å². The molecule has 0 aromatic carbocycles. The predicted octanol–water partition coefficient (Wildman–Crippen LogP) is 2.05. The van der Waals surface area contributed by atoms with E-state index in [1.54, 1.807) is 12.1 Å². The van der Waals surface area contributed by atoms with Crippen molar-refractivity contribution in [1.82, 2.24) is 10.3 Å². The zero-order valence-electron chi connectivity index (χ0n) is 7.46. The summed E-state index contributed by atoms with van der Waals surface area (Å²) in [4.78, 5) is 4.19. The molecular weight excluding hydrogens is 223 g/mol. The Bertz CT molecular complexity index is 327. The van der Waals surface area contributed by atoms with Gasteiger partial charge in [0.1, 0.15) is 5.15 Å². The Kier molecular flexibility index (Phi) is 3.23. The Balaban J connectivity index is 2.24. The van der Waals surface area contributed by atoms with Crippen LogP contribution in [0.5, 0.6) is 0 Å². The lowest BCUT2D eigenvalue weighted by Crippen LogP contribution is -2.35. The average molecular weight is 233 g/mol. The maximum atomic E-state index is 6.01. The summed E-state index contributed by atoms with van der Waals surface area (Å²) < 4.78 is 5.33. The lowest BCUT2D eigenvalue weighted by molar-refractivity contribution is 0.0756. The summed E-state index contributed by atoms with van der Waals surface area (Å²) in [6.45, 7) is 2.14. The topological polar surface area (TPSA) is 34.1 Å². The zero-order valence-corrected chi connectivity index (χ0v) is 8.98. The van der Waals surface area contributed by atoms with E-state index in [-0.39, 0.29) is 6.04 Å². The van der Waals surface area contributed by atoms with Gasteiger partial charge in [0.2, 0.25) is 0 Å². The number of hydrogen-bond donors (Lipinski definition) is 1. The molecule has 1 aromatic rings. The fraction of sp³-hybridized carbons (Fsp3) is 0.444. The molecule has 0 aliphatic carbocycles. The van der Waals surface area contributed by atoms with Crippen LogP contribution >= 0.6 is 23.2 Å². The molecule has 0 amide bonds. The van der Waals surface area contributed by atoms with Crippen LogP contribution in [0.1, 0.15) is 11.7 Å². The number of nitrogens with one attached hydrogen (secondary N) is 1. The van der Waals surface area contributed by atoms with Gasteiger partial charge in [-0.3, -0.25) is 0 Å². The molecule has 1 fully saturated rings. The number of pyridine rings is 1. The van der Waals surface area contributed by atoms with E-state index >= 15 is 0 Å². The summed E-state index contributed by atoms with van der Waals surface area (Å²) in [5, 5.41) is 4.35. The molecular formula is C9H10Cl2N2O. The van der Waals surface area contributed by atoms with Crippen molar-refractivity contribution in [3.63, 3.8) is 0 Å². The number of rotatable bonds is 1. The van der Waals surface area contributed by atoms with Gasteiger partial charge < -0.3 is 10.1 Å². The van der Waals surface area contributed by atoms with Crippen molar-refractivity contribution < 1.29 is 4.74 Å². The smallest absolute Gasteiger partial charge is 0.129 e. The maximum Gasteiger partial charge on any atom is 0.129 e. The minimum absolute atomic E-state index is 0.0509. The molecule has 1 aromatic heterocycles. The standard InChI is InChI=1S/C9H10Cl2N2O/c10-6-1-2-8(11)13-9(6)7-5-14-4-3-12-7/h1-2,7,12H,3-5H2/t7-/m1/s1. The summed E-state index contributed by atoms with van der Waals surface area (Å²) >= 11 is 11.8. The van der Waals surface area contributed by atoms with Gasteiger partial charge in [-0.15, -0.1) is 0 Å². The molecule has 0 spiro atoms. The van der Waals surface area contributed by atoms with Gasteiger partial charge >= 0.3 is 0 Å². The molecule has 3 nitrogen and oxygen atoms in total. The number of halogens is 2. The molecule has 0 radical (unpaired) electrons. The van der Waals surface area contributed by atoms with E-state index in [0.29, 0.717) is 16.8 Å². The monoisotopic (exact) mass is 232 g/mol. The van der Waals surface area contributed by atoms with Gasteiger partial charge in [-0.1, -0.05) is 23.2 Å². The van der Waals surface area contributed by atoms with Gasteiger partial charge in [0, 0.05) is 6.54 Å². The largest absolute Gasteiger partial charge is 0.378 e. The highest BCUT2D eigenvalue weighted by Crippen LogP contribution is 2.24. The lowest BCUT2D eigenvalue weighted by atomic mass is 10.2. The molecule has 0 unspecified atom stereocenters. The van der Waals surface area contributed by atoms with Crippen molar-refractivity contribution >= 4 is 23.2 Å². The van der Waals surface area contributed by atoms with Crippen LogP contribution in [-0.4, -0.2) is 24.7 Å². The SMILES string of the molecule is Clc1ccc(Cl)c([C@H]2COCCN2)n1. The second-order valence-electron chi connectivity index (χ2n) is 3.08. The molecule has 5 heteroatoms. The molecule has 1 saturated heterocycles. The summed E-state index contributed by atoms with van der Waals surface area (Å²) in [5.41, 5.74) is 0.763. The number of nitrogens with zero attached hydrogens (tertiary/aromatic N) is 1. The Morgan fingerprint density at radius 2 is 2.29 bits per heavy atom. The van der Waals surface area contributed by atoms with Crippen LogP contribution in [0.25, 0.3) is 0 Å². The Labute approximate surface area is 92.4 Å². The van der Waals surface area contributed by atoms with E-state index < -0.39 is 0 Å². The lowest BCUT2D eigenvalue weighted by Gasteiger charge is -2.23. The highest BCUT2D eigenvalue weighted by molar-refractivity contribution is 6.32. The second-order valence-corrected chi connectivity index (χ2v) is 3.88. The van der Waals surface area contributed by atoms with Gasteiger partial charge in [-0.25, -0.2) is 4.98 Å². The van der Waals surface area contributed by atoms with Crippen LogP contribution in [0.15, 0.2) is 12.1 Å². The van der Waals surface area contributed by atoms with Crippen LogP contribution in [0.4, 0.5) is 0 Å². The number of hydrogen-bond acceptors (Lipinski definition) is 3. The molecule has 1 N–H and O–H groups in total. The highest BCUT2D eigenvalue weighted by Gasteiger charge is 2.19. The van der Waals surface area contributed by atoms with E-state index in [1.165, 1.54) is 0 Å². The van der Waals surface area contributed by atoms with Crippen LogP contribution < -0.4 is 5.32 Å². The molecule has 2 rings (SSSR count). The minimum Gasteiger partial charge on any atom is -0.378 e. The van der Waals surface area contributed by atoms with Gasteiger partial charge in [0.15, 0.2) is 0 Å². The first kappa shape index (κ1) is 10.2. The Hall–Kier alpha value is -0.350. The van der Waals surface area contributed by atoms with E-state index in [0.717, 1.165) is 18.8 Å². The molecule has 0 saturated carbocycles. The summed E-state index contributed by atoms with van der Waals surface area (Å²) in [6, 6.07) is 3.48. The third-order valence-corrected chi connectivity index (χ3v) is 2.62. The molecule has 14 heavy (non-hydrogen) atoms. The quantitative estimate of drug-likeness (QED) is 0.754. The molecule has 76 valence electrons. The first-order valence-electron chi connectivity index (χ1n) is 4.40. The molecule has 0 bridgehead atoms. The van der Waals surface area contributed by atoms with Crippen molar-refractivity contribution in [1.29, 1.82) is 0 Å². The van der Waals surface area contributed by atoms with Gasteiger partial charge in [-0.05, 0) is 12.1 Å². The first-order valence-corrected chi connectivity index (χ1v) is 5.16. The van der Waals surface area contributed by atoms with E-state index in [4.69, 9.17) is 27.9 Å². The summed E-state index contributed by atoms with van der Waals surface area (Å²) in [7, 11) is 0. The third-order valence-electron chi connectivity index (χ3n) is 2.09. The van der Waals surface area contributed by atoms with E-state index in [9.17, 15) is 0 Å². The highest BCUT2D eigenvalue weighted by atomic mass is 35.5. The maximum absolute atomic E-state index is 6.01. The second kappa shape index (κ2) is 4.45. The van der Waals surface area contributed by atoms with Crippen molar-refractivity contribution in [2.45, 2.75) is 6.04 Å². The first-order chi connectivity index (χ1) is 6.77. The van der Waals surface area contributed by atoms with Crippen molar-refractivity contribution in [3.05, 3.63) is 28.0 Å². The van der Waals surface area contributed by atoms with E-state index in [2.05, 4.69) is 10.3 Å². The van der Waals surface area contributed by atoms with Crippen LogP contribution in [0.2, 0.25) is 10.2 Å². The predicted molar refractivity (Wildman–Crippen MR) is 55.8 cm³/mol. The summed E-state index contributed by atoms with van der Waals surface area (Å²) in [6.07, 6.45) is 0. The zero-order chi connectivity index (χ0) is 9.97.